The molecule has 1 aliphatic heterocycles. The van der Waals surface area contributed by atoms with Gasteiger partial charge in [0.25, 0.3) is 0 Å². The van der Waals surface area contributed by atoms with Crippen LogP contribution in [0.4, 0.5) is 0 Å². The van der Waals surface area contributed by atoms with Gasteiger partial charge in [-0.1, -0.05) is 12.1 Å². The maximum Gasteiger partial charge on any atom is 0.191 e. The topological polar surface area (TPSA) is 88.8 Å². The standard InChI is InChI=1S/C24H31N7O2.HI/c1-25-24(27-13-18-4-6-21(7-5-18)31-17-26-16-28-31)29-20-8-9-30(15-20)14-19-10-22(32-2)12-23(11-19)33-3;/h4-7,10-12,16-17,20H,8-9,13-15H2,1-3H3,(H2,25,27,29);1H. The minimum absolute atomic E-state index is 0. The second-order valence-electron chi connectivity index (χ2n) is 8.02. The number of hydrogen-bond acceptors (Lipinski definition) is 6. The van der Waals surface area contributed by atoms with Crippen LogP contribution in [0.25, 0.3) is 5.69 Å². The quantitative estimate of drug-likeness (QED) is 0.242. The van der Waals surface area contributed by atoms with Crippen LogP contribution in [0.15, 0.2) is 60.1 Å². The summed E-state index contributed by atoms with van der Waals surface area (Å²) in [6.07, 6.45) is 4.28. The number of rotatable bonds is 8. The molecule has 1 atom stereocenters. The molecule has 3 aromatic rings. The van der Waals surface area contributed by atoms with E-state index in [1.807, 2.05) is 18.2 Å². The molecule has 0 aliphatic carbocycles. The lowest BCUT2D eigenvalue weighted by atomic mass is 10.2. The van der Waals surface area contributed by atoms with Crippen LogP contribution in [-0.4, -0.2) is 66.0 Å². The highest BCUT2D eigenvalue weighted by Gasteiger charge is 2.23. The zero-order valence-corrected chi connectivity index (χ0v) is 22.1. The summed E-state index contributed by atoms with van der Waals surface area (Å²) < 4.78 is 12.5. The third-order valence-electron chi connectivity index (χ3n) is 5.73. The van der Waals surface area contributed by atoms with Crippen LogP contribution in [0.5, 0.6) is 11.5 Å². The van der Waals surface area contributed by atoms with E-state index in [0.29, 0.717) is 12.6 Å². The average molecular weight is 577 g/mol. The van der Waals surface area contributed by atoms with Crippen LogP contribution >= 0.6 is 24.0 Å². The van der Waals surface area contributed by atoms with Crippen molar-refractivity contribution in [3.8, 4) is 17.2 Å². The highest BCUT2D eigenvalue weighted by molar-refractivity contribution is 14.0. The Hall–Kier alpha value is -2.86. The van der Waals surface area contributed by atoms with Crippen LogP contribution in [0.3, 0.4) is 0 Å². The van der Waals surface area contributed by atoms with E-state index < -0.39 is 0 Å². The van der Waals surface area contributed by atoms with Gasteiger partial charge in [0.2, 0.25) is 0 Å². The van der Waals surface area contributed by atoms with E-state index in [9.17, 15) is 0 Å². The normalized spacial score (nSPS) is 16.1. The molecule has 0 saturated carbocycles. The first-order valence-corrected chi connectivity index (χ1v) is 11.0. The van der Waals surface area contributed by atoms with Crippen LogP contribution in [0.2, 0.25) is 0 Å². The number of halogens is 1. The van der Waals surface area contributed by atoms with E-state index in [1.54, 1.807) is 32.3 Å². The predicted molar refractivity (Wildman–Crippen MR) is 143 cm³/mol. The first-order chi connectivity index (χ1) is 16.2. The van der Waals surface area contributed by atoms with Gasteiger partial charge in [-0.05, 0) is 41.8 Å². The molecule has 10 heteroatoms. The van der Waals surface area contributed by atoms with Gasteiger partial charge < -0.3 is 20.1 Å². The van der Waals surface area contributed by atoms with E-state index >= 15 is 0 Å². The summed E-state index contributed by atoms with van der Waals surface area (Å²) in [5.74, 6) is 2.44. The Morgan fingerprint density at radius 3 is 2.44 bits per heavy atom. The van der Waals surface area contributed by atoms with Crippen molar-refractivity contribution >= 4 is 29.9 Å². The molecule has 2 N–H and O–H groups in total. The molecule has 0 bridgehead atoms. The molecule has 0 amide bonds. The lowest BCUT2D eigenvalue weighted by Crippen LogP contribution is -2.44. The Labute approximate surface area is 217 Å². The Morgan fingerprint density at radius 1 is 1.09 bits per heavy atom. The third kappa shape index (κ3) is 6.83. The summed E-state index contributed by atoms with van der Waals surface area (Å²) in [5, 5.41) is 11.1. The smallest absolute Gasteiger partial charge is 0.191 e. The van der Waals surface area contributed by atoms with Crippen LogP contribution in [0.1, 0.15) is 17.5 Å². The van der Waals surface area contributed by atoms with E-state index in [1.165, 1.54) is 17.5 Å². The molecule has 1 unspecified atom stereocenters. The Balaban J connectivity index is 0.00000324. The lowest BCUT2D eigenvalue weighted by Gasteiger charge is -2.19. The molecule has 1 aliphatic rings. The molecule has 4 rings (SSSR count). The maximum absolute atomic E-state index is 5.40. The summed E-state index contributed by atoms with van der Waals surface area (Å²) in [6.45, 7) is 3.53. The Morgan fingerprint density at radius 2 is 1.82 bits per heavy atom. The number of aliphatic imine (C=N–C) groups is 1. The van der Waals surface area contributed by atoms with E-state index in [-0.39, 0.29) is 24.0 Å². The number of hydrogen-bond donors (Lipinski definition) is 2. The second kappa shape index (κ2) is 12.6. The molecular formula is C24H32IN7O2. The van der Waals surface area contributed by atoms with Crippen molar-refractivity contribution in [3.63, 3.8) is 0 Å². The van der Waals surface area contributed by atoms with Gasteiger partial charge in [0.1, 0.15) is 24.2 Å². The highest BCUT2D eigenvalue weighted by atomic mass is 127. The Kier molecular flexibility index (Phi) is 9.52. The van der Waals surface area contributed by atoms with Gasteiger partial charge in [0, 0.05) is 45.3 Å². The van der Waals surface area contributed by atoms with Crippen molar-refractivity contribution in [2.45, 2.75) is 25.6 Å². The zero-order valence-electron chi connectivity index (χ0n) is 19.8. The summed E-state index contributed by atoms with van der Waals surface area (Å²) in [7, 11) is 5.16. The van der Waals surface area contributed by atoms with Gasteiger partial charge in [-0.25, -0.2) is 9.67 Å². The summed E-state index contributed by atoms with van der Waals surface area (Å²) >= 11 is 0. The first-order valence-electron chi connectivity index (χ1n) is 11.0. The molecule has 2 heterocycles. The lowest BCUT2D eigenvalue weighted by molar-refractivity contribution is 0.321. The fourth-order valence-corrected chi connectivity index (χ4v) is 3.99. The van der Waals surface area contributed by atoms with E-state index in [2.05, 4.69) is 54.9 Å². The number of nitrogens with one attached hydrogen (secondary N) is 2. The van der Waals surface area contributed by atoms with Crippen molar-refractivity contribution in [2.75, 3.05) is 34.4 Å². The number of likely N-dealkylation sites (tertiary alicyclic amines) is 1. The maximum atomic E-state index is 5.40. The van der Waals surface area contributed by atoms with Crippen molar-refractivity contribution in [2.24, 2.45) is 4.99 Å². The molecular weight excluding hydrogens is 545 g/mol. The molecule has 0 radical (unpaired) electrons. The van der Waals surface area contributed by atoms with Crippen molar-refractivity contribution in [1.82, 2.24) is 30.3 Å². The second-order valence-corrected chi connectivity index (χ2v) is 8.02. The Bertz CT molecular complexity index is 1040. The van der Waals surface area contributed by atoms with Gasteiger partial charge in [-0.2, -0.15) is 5.10 Å². The average Bonchev–Trinajstić information content (AvgIpc) is 3.54. The minimum Gasteiger partial charge on any atom is -0.497 e. The molecule has 1 fully saturated rings. The molecule has 9 nitrogen and oxygen atoms in total. The third-order valence-corrected chi connectivity index (χ3v) is 5.73. The van der Waals surface area contributed by atoms with Crippen molar-refractivity contribution in [3.05, 3.63) is 66.2 Å². The number of nitrogens with zero attached hydrogens (tertiary/aromatic N) is 5. The number of aromatic nitrogens is 3. The monoisotopic (exact) mass is 577 g/mol. The van der Waals surface area contributed by atoms with Gasteiger partial charge in [-0.15, -0.1) is 24.0 Å². The fourth-order valence-electron chi connectivity index (χ4n) is 3.99. The summed E-state index contributed by atoms with van der Waals surface area (Å²) in [5.41, 5.74) is 3.34. The molecule has 34 heavy (non-hydrogen) atoms. The van der Waals surface area contributed by atoms with Gasteiger partial charge in [-0.3, -0.25) is 9.89 Å². The summed E-state index contributed by atoms with van der Waals surface area (Å²) in [6, 6.07) is 14.6. The zero-order chi connectivity index (χ0) is 23.0. The molecule has 1 aromatic heterocycles. The number of methoxy groups -OCH3 is 2. The number of ether oxygens (including phenoxy) is 2. The van der Waals surface area contributed by atoms with Gasteiger partial charge in [0.15, 0.2) is 5.96 Å². The highest BCUT2D eigenvalue weighted by Crippen LogP contribution is 2.24. The van der Waals surface area contributed by atoms with Crippen molar-refractivity contribution < 1.29 is 9.47 Å². The van der Waals surface area contributed by atoms with Gasteiger partial charge >= 0.3 is 0 Å². The van der Waals surface area contributed by atoms with E-state index in [0.717, 1.165) is 49.2 Å². The predicted octanol–water partition coefficient (Wildman–Crippen LogP) is 2.84. The molecule has 182 valence electrons. The molecule has 1 saturated heterocycles. The van der Waals surface area contributed by atoms with E-state index in [4.69, 9.17) is 9.47 Å². The molecule has 0 spiro atoms. The van der Waals surface area contributed by atoms with Crippen molar-refractivity contribution in [1.29, 1.82) is 0 Å². The largest absolute Gasteiger partial charge is 0.497 e. The first kappa shape index (κ1) is 25.8. The van der Waals surface area contributed by atoms with Crippen LogP contribution < -0.4 is 20.1 Å². The van der Waals surface area contributed by atoms with Crippen LogP contribution in [0, 0.1) is 0 Å². The van der Waals surface area contributed by atoms with Crippen LogP contribution in [-0.2, 0) is 13.1 Å². The fraction of sp³-hybridized carbons (Fsp3) is 0.375. The number of benzene rings is 2. The summed E-state index contributed by atoms with van der Waals surface area (Å²) in [4.78, 5) is 10.8. The molecule has 2 aromatic carbocycles. The minimum atomic E-state index is 0. The SMILES string of the molecule is CN=C(NCc1ccc(-n2cncn2)cc1)NC1CCN(Cc2cc(OC)cc(OC)c2)C1.I. The number of guanidine groups is 1. The van der Waals surface area contributed by atoms with Gasteiger partial charge in [0.05, 0.1) is 19.9 Å².